The molecule has 0 spiro atoms. The van der Waals surface area contributed by atoms with E-state index in [1.54, 1.807) is 23.4 Å². The van der Waals surface area contributed by atoms with Crippen molar-refractivity contribution in [3.05, 3.63) is 59.8 Å². The monoisotopic (exact) mass is 442 g/mol. The Bertz CT molecular complexity index is 1040. The van der Waals surface area contributed by atoms with Crippen molar-refractivity contribution in [2.75, 3.05) is 19.3 Å². The fraction of sp³-hybridized carbons (Fsp3) is 0.318. The van der Waals surface area contributed by atoms with Gasteiger partial charge in [-0.1, -0.05) is 41.7 Å². The van der Waals surface area contributed by atoms with Gasteiger partial charge in [-0.25, -0.2) is 9.78 Å². The lowest BCUT2D eigenvalue weighted by atomic mass is 9.89. The number of piperidine rings is 1. The number of fused-ring (bicyclic) bond motifs is 1. The largest absolute Gasteiger partial charge is 0.611 e. The molecular weight excluding hydrogens is 420 g/mol. The van der Waals surface area contributed by atoms with Gasteiger partial charge in [0.25, 0.3) is 0 Å². The number of Topliss-reactive ketones (excluding diaryl/α,β-unsaturated/α-hetero) is 1. The zero-order chi connectivity index (χ0) is 21.1. The number of benzene rings is 1. The van der Waals surface area contributed by atoms with Crippen LogP contribution in [0.15, 0.2) is 52.9 Å². The zero-order valence-corrected chi connectivity index (χ0v) is 18.2. The Kier molecular flexibility index (Phi) is 6.36. The summed E-state index contributed by atoms with van der Waals surface area (Å²) in [5, 5.41) is 0.766. The first-order valence-corrected chi connectivity index (χ1v) is 12.1. The van der Waals surface area contributed by atoms with Crippen molar-refractivity contribution < 1.29 is 18.9 Å². The second-order valence-electron chi connectivity index (χ2n) is 7.24. The van der Waals surface area contributed by atoms with Crippen LogP contribution in [0.3, 0.4) is 0 Å². The normalized spacial score (nSPS) is 15.9. The van der Waals surface area contributed by atoms with Crippen LogP contribution in [0, 0.1) is 5.92 Å². The molecule has 8 heteroatoms. The fourth-order valence-electron chi connectivity index (χ4n) is 3.69. The Morgan fingerprint density at radius 2 is 1.93 bits per heavy atom. The van der Waals surface area contributed by atoms with Gasteiger partial charge in [-0.15, -0.1) is 0 Å². The number of hydrogen-bond acceptors (Lipinski definition) is 6. The quantitative estimate of drug-likeness (QED) is 0.435. The van der Waals surface area contributed by atoms with E-state index < -0.39 is 11.2 Å². The lowest BCUT2D eigenvalue weighted by Crippen LogP contribution is -2.40. The molecule has 0 radical (unpaired) electrons. The van der Waals surface area contributed by atoms with Crippen LogP contribution >= 0.6 is 11.3 Å². The maximum absolute atomic E-state index is 13.3. The third-order valence-electron chi connectivity index (χ3n) is 5.27. The smallest absolute Gasteiger partial charge is 0.410 e. The Morgan fingerprint density at radius 3 is 2.63 bits per heavy atom. The van der Waals surface area contributed by atoms with E-state index in [2.05, 4.69) is 4.98 Å². The van der Waals surface area contributed by atoms with Crippen LogP contribution < -0.4 is 0 Å². The molecule has 30 heavy (non-hydrogen) atoms. The number of pyridine rings is 1. The van der Waals surface area contributed by atoms with Crippen LogP contribution in [0.5, 0.6) is 0 Å². The number of rotatable bonds is 5. The molecule has 1 aliphatic heterocycles. The van der Waals surface area contributed by atoms with Gasteiger partial charge >= 0.3 is 6.09 Å². The molecule has 3 aromatic rings. The number of aromatic nitrogens is 1. The predicted molar refractivity (Wildman–Crippen MR) is 117 cm³/mol. The summed E-state index contributed by atoms with van der Waals surface area (Å²) in [6.07, 6.45) is 4.03. The van der Waals surface area contributed by atoms with Crippen LogP contribution in [0.25, 0.3) is 10.2 Å². The standard InChI is InChI=1S/C22H22N2O4S2/c1-30(27)21-18(17-8-5-11-23-20(17)29-21)19(25)16-9-12-24(13-10-16)22(26)28-14-15-6-3-2-4-7-15/h2-8,11,16H,9-10,12-14H2,1H3. The molecule has 1 saturated heterocycles. The van der Waals surface area contributed by atoms with Crippen molar-refractivity contribution >= 4 is 44.6 Å². The molecule has 6 nitrogen and oxygen atoms in total. The number of thiophene rings is 1. The number of carbonyl (C=O) groups excluding carboxylic acids is 2. The molecule has 1 amide bonds. The summed E-state index contributed by atoms with van der Waals surface area (Å²) >= 11 is 0.0573. The number of nitrogens with zero attached hydrogens (tertiary/aromatic N) is 2. The molecule has 0 N–H and O–H groups in total. The molecule has 2 aromatic heterocycles. The van der Waals surface area contributed by atoms with Crippen LogP contribution in [-0.4, -0.2) is 45.7 Å². The summed E-state index contributed by atoms with van der Waals surface area (Å²) < 4.78 is 18.2. The van der Waals surface area contributed by atoms with E-state index in [0.29, 0.717) is 35.7 Å². The molecular formula is C22H22N2O4S2. The Hall–Kier alpha value is -2.42. The minimum absolute atomic E-state index is 0.00301. The summed E-state index contributed by atoms with van der Waals surface area (Å²) in [7, 11) is 0. The van der Waals surface area contributed by atoms with Crippen molar-refractivity contribution in [2.45, 2.75) is 23.7 Å². The number of hydrogen-bond donors (Lipinski definition) is 0. The molecule has 0 bridgehead atoms. The zero-order valence-electron chi connectivity index (χ0n) is 16.6. The number of likely N-dealkylation sites (tertiary alicyclic amines) is 1. The summed E-state index contributed by atoms with van der Waals surface area (Å²) in [4.78, 5) is 32.4. The maximum atomic E-state index is 13.3. The maximum Gasteiger partial charge on any atom is 0.410 e. The lowest BCUT2D eigenvalue weighted by molar-refractivity contribution is 0.0712. The topological polar surface area (TPSA) is 82.6 Å². The molecule has 156 valence electrons. The molecule has 4 rings (SSSR count). The number of amides is 1. The summed E-state index contributed by atoms with van der Waals surface area (Å²) in [6, 6.07) is 13.2. The Balaban J connectivity index is 1.41. The van der Waals surface area contributed by atoms with Crippen molar-refractivity contribution in [3.63, 3.8) is 0 Å². The van der Waals surface area contributed by atoms with Gasteiger partial charge < -0.3 is 14.2 Å². The van der Waals surface area contributed by atoms with E-state index in [1.807, 2.05) is 36.4 Å². The summed E-state index contributed by atoms with van der Waals surface area (Å²) in [6.45, 7) is 1.17. The van der Waals surface area contributed by atoms with Crippen molar-refractivity contribution in [3.8, 4) is 0 Å². The number of ether oxygens (including phenoxy) is 1. The summed E-state index contributed by atoms with van der Waals surface area (Å²) in [5.74, 6) is -0.208. The van der Waals surface area contributed by atoms with Gasteiger partial charge in [-0.05, 0) is 41.7 Å². The van der Waals surface area contributed by atoms with Crippen LogP contribution in [0.2, 0.25) is 0 Å². The highest BCUT2D eigenvalue weighted by Crippen LogP contribution is 2.36. The van der Waals surface area contributed by atoms with Gasteiger partial charge in [-0.2, -0.15) is 0 Å². The van der Waals surface area contributed by atoms with Gasteiger partial charge in [0.1, 0.15) is 17.7 Å². The number of ketones is 1. The third kappa shape index (κ3) is 4.35. The van der Waals surface area contributed by atoms with Gasteiger partial charge in [0.05, 0.1) is 5.56 Å². The highest BCUT2D eigenvalue weighted by molar-refractivity contribution is 7.93. The van der Waals surface area contributed by atoms with Crippen molar-refractivity contribution in [2.24, 2.45) is 5.92 Å². The minimum atomic E-state index is -1.26. The second-order valence-corrected chi connectivity index (χ2v) is 9.81. The highest BCUT2D eigenvalue weighted by Gasteiger charge is 2.34. The van der Waals surface area contributed by atoms with Crippen molar-refractivity contribution in [1.29, 1.82) is 0 Å². The molecule has 1 aliphatic rings. The van der Waals surface area contributed by atoms with Gasteiger partial charge in [0, 0.05) is 30.6 Å². The number of carbonyl (C=O) groups is 2. The van der Waals surface area contributed by atoms with Gasteiger partial charge in [0.15, 0.2) is 5.78 Å². The average Bonchev–Trinajstić information content (AvgIpc) is 3.18. The molecule has 1 atom stereocenters. The first kappa shape index (κ1) is 20.8. The van der Waals surface area contributed by atoms with E-state index in [0.717, 1.165) is 15.8 Å². The SMILES string of the molecule is C[S+]([O-])c1sc2ncccc2c1C(=O)C1CCN(C(=O)OCc2ccccc2)CC1. The average molecular weight is 443 g/mol. The van der Waals surface area contributed by atoms with E-state index in [9.17, 15) is 14.1 Å². The van der Waals surface area contributed by atoms with Gasteiger partial charge in [-0.3, -0.25) is 4.79 Å². The van der Waals surface area contributed by atoms with Gasteiger partial charge in [0.2, 0.25) is 4.21 Å². The molecule has 1 fully saturated rings. The Labute approximate surface area is 182 Å². The molecule has 0 saturated carbocycles. The molecule has 0 aliphatic carbocycles. The molecule has 1 aromatic carbocycles. The van der Waals surface area contributed by atoms with Crippen LogP contribution in [0.4, 0.5) is 4.79 Å². The first-order valence-electron chi connectivity index (χ1n) is 9.75. The third-order valence-corrected chi connectivity index (χ3v) is 7.86. The second kappa shape index (κ2) is 9.16. The van der Waals surface area contributed by atoms with Crippen LogP contribution in [0.1, 0.15) is 28.8 Å². The van der Waals surface area contributed by atoms with E-state index in [1.165, 1.54) is 11.3 Å². The fourth-order valence-corrected chi connectivity index (χ4v) is 5.77. The summed E-state index contributed by atoms with van der Waals surface area (Å²) in [5.41, 5.74) is 1.47. The first-order chi connectivity index (χ1) is 14.5. The van der Waals surface area contributed by atoms with E-state index in [-0.39, 0.29) is 24.4 Å². The minimum Gasteiger partial charge on any atom is -0.611 e. The van der Waals surface area contributed by atoms with E-state index in [4.69, 9.17) is 4.74 Å². The van der Waals surface area contributed by atoms with E-state index >= 15 is 0 Å². The molecule has 1 unspecified atom stereocenters. The van der Waals surface area contributed by atoms with Crippen LogP contribution in [-0.2, 0) is 22.5 Å². The predicted octanol–water partition coefficient (Wildman–Crippen LogP) is 4.27. The Morgan fingerprint density at radius 1 is 1.20 bits per heavy atom. The molecule has 3 heterocycles. The highest BCUT2D eigenvalue weighted by atomic mass is 32.2. The van der Waals surface area contributed by atoms with Crippen molar-refractivity contribution in [1.82, 2.24) is 9.88 Å². The lowest BCUT2D eigenvalue weighted by Gasteiger charge is -2.30.